The molecule has 2 rings (SSSR count). The number of nitrogens with two attached hydrogens (primary N) is 1. The molecule has 1 amide bonds. The summed E-state index contributed by atoms with van der Waals surface area (Å²) in [6, 6.07) is 13.8. The molecule has 0 saturated carbocycles. The summed E-state index contributed by atoms with van der Waals surface area (Å²) in [6.45, 7) is 0. The summed E-state index contributed by atoms with van der Waals surface area (Å²) in [5.41, 5.74) is 7.35. The topological polar surface area (TPSA) is 67.2 Å². The first-order valence-corrected chi connectivity index (χ1v) is 6.57. The second-order valence-corrected chi connectivity index (χ2v) is 4.83. The Morgan fingerprint density at radius 2 is 1.75 bits per heavy atom. The predicted molar refractivity (Wildman–Crippen MR) is 86.0 cm³/mol. The van der Waals surface area contributed by atoms with E-state index in [1.807, 2.05) is 0 Å². The lowest BCUT2D eigenvalue weighted by Crippen LogP contribution is -2.34. The standard InChI is InChI=1S/C14H12ClN3OS/c15-12-4-2-1-3-11(12)13(19)18-14(20)17-10-7-5-9(16)6-8-10/h1-8H,16H2,(H2,17,18,19,20). The highest BCUT2D eigenvalue weighted by Gasteiger charge is 2.10. The fourth-order valence-corrected chi connectivity index (χ4v) is 1.98. The van der Waals surface area contributed by atoms with Crippen LogP contribution in [0.5, 0.6) is 0 Å². The van der Waals surface area contributed by atoms with Gasteiger partial charge >= 0.3 is 0 Å². The zero-order chi connectivity index (χ0) is 14.5. The minimum atomic E-state index is -0.358. The van der Waals surface area contributed by atoms with E-state index in [9.17, 15) is 4.79 Å². The molecular formula is C14H12ClN3OS. The quantitative estimate of drug-likeness (QED) is 0.589. The molecule has 0 spiro atoms. The normalized spacial score (nSPS) is 9.85. The largest absolute Gasteiger partial charge is 0.399 e. The van der Waals surface area contributed by atoms with Gasteiger partial charge in [-0.15, -0.1) is 0 Å². The summed E-state index contributed by atoms with van der Waals surface area (Å²) >= 11 is 11.0. The Bertz CT molecular complexity index is 643. The Balaban J connectivity index is 2.00. The van der Waals surface area contributed by atoms with E-state index in [1.165, 1.54) is 0 Å². The van der Waals surface area contributed by atoms with E-state index in [2.05, 4.69) is 10.6 Å². The average molecular weight is 306 g/mol. The molecule has 0 aliphatic rings. The van der Waals surface area contributed by atoms with E-state index in [0.29, 0.717) is 16.3 Å². The lowest BCUT2D eigenvalue weighted by molar-refractivity contribution is 0.0978. The zero-order valence-electron chi connectivity index (χ0n) is 10.4. The average Bonchev–Trinajstić information content (AvgIpc) is 2.41. The highest BCUT2D eigenvalue weighted by Crippen LogP contribution is 2.15. The number of thiocarbonyl (C=S) groups is 1. The highest BCUT2D eigenvalue weighted by molar-refractivity contribution is 7.80. The minimum Gasteiger partial charge on any atom is -0.399 e. The van der Waals surface area contributed by atoms with Crippen molar-refractivity contribution in [1.29, 1.82) is 0 Å². The van der Waals surface area contributed by atoms with Gasteiger partial charge in [-0.25, -0.2) is 0 Å². The molecule has 0 unspecified atom stereocenters. The van der Waals surface area contributed by atoms with Crippen molar-refractivity contribution in [1.82, 2.24) is 5.32 Å². The molecular weight excluding hydrogens is 294 g/mol. The smallest absolute Gasteiger partial charge is 0.258 e. The van der Waals surface area contributed by atoms with Crippen LogP contribution in [0.15, 0.2) is 48.5 Å². The van der Waals surface area contributed by atoms with Gasteiger partial charge in [0, 0.05) is 11.4 Å². The molecule has 0 heterocycles. The molecule has 0 saturated heterocycles. The van der Waals surface area contributed by atoms with Gasteiger partial charge in [0.1, 0.15) is 0 Å². The number of carbonyl (C=O) groups is 1. The van der Waals surface area contributed by atoms with Gasteiger partial charge in [-0.05, 0) is 48.6 Å². The number of amides is 1. The van der Waals surface area contributed by atoms with Crippen LogP contribution in [-0.2, 0) is 0 Å². The van der Waals surface area contributed by atoms with Gasteiger partial charge in [0.25, 0.3) is 5.91 Å². The fraction of sp³-hybridized carbons (Fsp3) is 0. The van der Waals surface area contributed by atoms with Crippen molar-refractivity contribution >= 4 is 46.2 Å². The van der Waals surface area contributed by atoms with Gasteiger partial charge < -0.3 is 11.1 Å². The number of benzene rings is 2. The van der Waals surface area contributed by atoms with Crippen LogP contribution >= 0.6 is 23.8 Å². The summed E-state index contributed by atoms with van der Waals surface area (Å²) in [6.07, 6.45) is 0. The monoisotopic (exact) mass is 305 g/mol. The maximum Gasteiger partial charge on any atom is 0.258 e. The summed E-state index contributed by atoms with van der Waals surface area (Å²) in [4.78, 5) is 12.0. The van der Waals surface area contributed by atoms with Crippen LogP contribution < -0.4 is 16.4 Å². The van der Waals surface area contributed by atoms with E-state index >= 15 is 0 Å². The SMILES string of the molecule is Nc1ccc(NC(=S)NC(=O)c2ccccc2Cl)cc1. The number of anilines is 2. The van der Waals surface area contributed by atoms with Crippen LogP contribution in [0, 0.1) is 0 Å². The summed E-state index contributed by atoms with van der Waals surface area (Å²) < 4.78 is 0. The number of carbonyl (C=O) groups excluding carboxylic acids is 1. The first-order valence-electron chi connectivity index (χ1n) is 5.78. The maximum absolute atomic E-state index is 12.0. The molecule has 0 bridgehead atoms. The molecule has 6 heteroatoms. The van der Waals surface area contributed by atoms with Crippen LogP contribution in [0.3, 0.4) is 0 Å². The van der Waals surface area contributed by atoms with E-state index in [-0.39, 0.29) is 11.0 Å². The third-order valence-corrected chi connectivity index (χ3v) is 3.05. The van der Waals surface area contributed by atoms with E-state index in [4.69, 9.17) is 29.6 Å². The van der Waals surface area contributed by atoms with E-state index in [1.54, 1.807) is 48.5 Å². The summed E-state index contributed by atoms with van der Waals surface area (Å²) in [5, 5.41) is 6.03. The second-order valence-electron chi connectivity index (χ2n) is 4.01. The molecule has 0 aliphatic heterocycles. The number of hydrogen-bond donors (Lipinski definition) is 3. The van der Waals surface area contributed by atoms with E-state index in [0.717, 1.165) is 5.69 Å². The fourth-order valence-electron chi connectivity index (χ4n) is 1.54. The van der Waals surface area contributed by atoms with E-state index < -0.39 is 0 Å². The van der Waals surface area contributed by atoms with Crippen molar-refractivity contribution in [2.45, 2.75) is 0 Å². The van der Waals surface area contributed by atoms with Crippen LogP contribution in [0.2, 0.25) is 5.02 Å². The van der Waals surface area contributed by atoms with Gasteiger partial charge in [-0.2, -0.15) is 0 Å². The van der Waals surface area contributed by atoms with Gasteiger partial charge in [-0.1, -0.05) is 23.7 Å². The molecule has 20 heavy (non-hydrogen) atoms. The zero-order valence-corrected chi connectivity index (χ0v) is 12.0. The number of nitrogen functional groups attached to an aromatic ring is 1. The van der Waals surface area contributed by atoms with Gasteiger partial charge in [0.2, 0.25) is 0 Å². The Kier molecular flexibility index (Phi) is 4.55. The highest BCUT2D eigenvalue weighted by atomic mass is 35.5. The number of hydrogen-bond acceptors (Lipinski definition) is 3. The van der Waals surface area contributed by atoms with Crippen molar-refractivity contribution in [2.75, 3.05) is 11.1 Å². The Morgan fingerprint density at radius 1 is 1.10 bits per heavy atom. The molecule has 4 N–H and O–H groups in total. The molecule has 2 aromatic carbocycles. The molecule has 0 aromatic heterocycles. The van der Waals surface area contributed by atoms with Crippen molar-refractivity contribution in [3.05, 3.63) is 59.1 Å². The lowest BCUT2D eigenvalue weighted by atomic mass is 10.2. The lowest BCUT2D eigenvalue weighted by Gasteiger charge is -2.10. The van der Waals surface area contributed by atoms with Gasteiger partial charge in [0.05, 0.1) is 10.6 Å². The minimum absolute atomic E-state index is 0.194. The Labute approximate surface area is 126 Å². The molecule has 0 aliphatic carbocycles. The number of rotatable bonds is 2. The summed E-state index contributed by atoms with van der Waals surface area (Å²) in [7, 11) is 0. The van der Waals surface area contributed by atoms with Crippen LogP contribution in [-0.4, -0.2) is 11.0 Å². The first kappa shape index (κ1) is 14.3. The predicted octanol–water partition coefficient (Wildman–Crippen LogP) is 3.05. The number of halogens is 1. The Morgan fingerprint density at radius 3 is 2.40 bits per heavy atom. The van der Waals surface area contributed by atoms with Crippen molar-refractivity contribution in [3.8, 4) is 0 Å². The molecule has 102 valence electrons. The number of nitrogens with one attached hydrogen (secondary N) is 2. The molecule has 2 aromatic rings. The molecule has 4 nitrogen and oxygen atoms in total. The third-order valence-electron chi connectivity index (χ3n) is 2.51. The molecule has 0 radical (unpaired) electrons. The molecule has 0 atom stereocenters. The van der Waals surface area contributed by atoms with Crippen molar-refractivity contribution < 1.29 is 4.79 Å². The van der Waals surface area contributed by atoms with Crippen LogP contribution in [0.25, 0.3) is 0 Å². The van der Waals surface area contributed by atoms with Crippen LogP contribution in [0.1, 0.15) is 10.4 Å². The second kappa shape index (κ2) is 6.36. The van der Waals surface area contributed by atoms with Crippen LogP contribution in [0.4, 0.5) is 11.4 Å². The summed E-state index contributed by atoms with van der Waals surface area (Å²) in [5.74, 6) is -0.358. The Hall–Kier alpha value is -2.11. The third kappa shape index (κ3) is 3.69. The molecule has 0 fully saturated rings. The van der Waals surface area contributed by atoms with Gasteiger partial charge in [0.15, 0.2) is 5.11 Å². The maximum atomic E-state index is 12.0. The first-order chi connectivity index (χ1) is 9.56. The van der Waals surface area contributed by atoms with Crippen molar-refractivity contribution in [2.24, 2.45) is 0 Å². The van der Waals surface area contributed by atoms with Gasteiger partial charge in [-0.3, -0.25) is 10.1 Å². The van der Waals surface area contributed by atoms with Crippen molar-refractivity contribution in [3.63, 3.8) is 0 Å².